The minimum Gasteiger partial charge on any atom is -0.335 e. The first kappa shape index (κ1) is 18.8. The Balaban J connectivity index is 1.26. The van der Waals surface area contributed by atoms with Crippen LogP contribution in [-0.2, 0) is 6.42 Å². The lowest BCUT2D eigenvalue weighted by Crippen LogP contribution is -2.48. The van der Waals surface area contributed by atoms with Crippen LogP contribution in [-0.4, -0.2) is 53.4 Å². The smallest absolute Gasteiger partial charge is 0.264 e. The van der Waals surface area contributed by atoms with Crippen molar-refractivity contribution in [3.8, 4) is 10.6 Å². The fraction of sp³-hybridized carbons (Fsp3) is 0.304. The van der Waals surface area contributed by atoms with E-state index in [1.54, 1.807) is 6.20 Å². The van der Waals surface area contributed by atoms with Crippen molar-refractivity contribution in [3.05, 3.63) is 77.3 Å². The molecule has 0 aliphatic carbocycles. The van der Waals surface area contributed by atoms with E-state index in [-0.39, 0.29) is 5.91 Å². The normalized spacial score (nSPS) is 14.9. The molecular formula is C23H25N3OS. The first-order valence-electron chi connectivity index (χ1n) is 9.86. The number of aromatic nitrogens is 1. The van der Waals surface area contributed by atoms with E-state index in [2.05, 4.69) is 40.2 Å². The summed E-state index contributed by atoms with van der Waals surface area (Å²) in [5, 5.41) is 0. The standard InChI is InChI=1S/C23H25N3OS/c27-23(22-12-11-21(28-22)20-10-4-5-13-24-20)26-17-15-25(16-18-26)14-6-9-19-7-2-1-3-8-19/h1-5,7-8,10-13H,6,9,14-18H2. The third kappa shape index (κ3) is 4.66. The van der Waals surface area contributed by atoms with Gasteiger partial charge in [0.05, 0.1) is 15.4 Å². The summed E-state index contributed by atoms with van der Waals surface area (Å²) in [6, 6.07) is 20.4. The molecule has 4 rings (SSSR count). The number of pyridine rings is 1. The van der Waals surface area contributed by atoms with Crippen molar-refractivity contribution in [2.45, 2.75) is 12.8 Å². The molecule has 1 aliphatic heterocycles. The summed E-state index contributed by atoms with van der Waals surface area (Å²) >= 11 is 1.53. The molecule has 144 valence electrons. The number of hydrogen-bond donors (Lipinski definition) is 0. The molecule has 28 heavy (non-hydrogen) atoms. The number of aryl methyl sites for hydroxylation is 1. The molecule has 0 atom stereocenters. The summed E-state index contributed by atoms with van der Waals surface area (Å²) in [6.45, 7) is 4.62. The molecule has 1 amide bonds. The van der Waals surface area contributed by atoms with Gasteiger partial charge in [-0.1, -0.05) is 36.4 Å². The average Bonchev–Trinajstić information content (AvgIpc) is 3.25. The van der Waals surface area contributed by atoms with Crippen LogP contribution in [0.15, 0.2) is 66.9 Å². The third-order valence-electron chi connectivity index (χ3n) is 5.18. The van der Waals surface area contributed by atoms with Gasteiger partial charge in [-0.05, 0) is 49.2 Å². The lowest BCUT2D eigenvalue weighted by Gasteiger charge is -2.34. The number of benzene rings is 1. The van der Waals surface area contributed by atoms with Crippen molar-refractivity contribution >= 4 is 17.2 Å². The molecule has 0 radical (unpaired) electrons. The van der Waals surface area contributed by atoms with Crippen LogP contribution in [0.5, 0.6) is 0 Å². The molecule has 1 saturated heterocycles. The highest BCUT2D eigenvalue weighted by Gasteiger charge is 2.23. The predicted molar refractivity (Wildman–Crippen MR) is 115 cm³/mol. The van der Waals surface area contributed by atoms with Crippen LogP contribution >= 0.6 is 11.3 Å². The first-order chi connectivity index (χ1) is 13.8. The topological polar surface area (TPSA) is 36.4 Å². The zero-order valence-corrected chi connectivity index (χ0v) is 16.8. The molecule has 3 aromatic rings. The highest BCUT2D eigenvalue weighted by molar-refractivity contribution is 7.17. The lowest BCUT2D eigenvalue weighted by molar-refractivity contribution is 0.0641. The molecule has 3 heterocycles. The second-order valence-corrected chi connectivity index (χ2v) is 8.19. The Morgan fingerprint density at radius 3 is 2.46 bits per heavy atom. The molecule has 4 nitrogen and oxygen atoms in total. The number of nitrogens with zero attached hydrogens (tertiary/aromatic N) is 3. The van der Waals surface area contributed by atoms with E-state index in [1.165, 1.54) is 16.9 Å². The van der Waals surface area contributed by atoms with Gasteiger partial charge >= 0.3 is 0 Å². The number of piperazine rings is 1. The van der Waals surface area contributed by atoms with Crippen molar-refractivity contribution in [2.75, 3.05) is 32.7 Å². The summed E-state index contributed by atoms with van der Waals surface area (Å²) in [7, 11) is 0. The molecule has 0 N–H and O–H groups in total. The van der Waals surface area contributed by atoms with Crippen molar-refractivity contribution in [3.63, 3.8) is 0 Å². The fourth-order valence-corrected chi connectivity index (χ4v) is 4.53. The van der Waals surface area contributed by atoms with Crippen LogP contribution < -0.4 is 0 Å². The molecule has 5 heteroatoms. The molecule has 0 spiro atoms. The fourth-order valence-electron chi connectivity index (χ4n) is 3.58. The van der Waals surface area contributed by atoms with E-state index < -0.39 is 0 Å². The highest BCUT2D eigenvalue weighted by Crippen LogP contribution is 2.27. The largest absolute Gasteiger partial charge is 0.335 e. The number of carbonyl (C=O) groups is 1. The summed E-state index contributed by atoms with van der Waals surface area (Å²) in [6.07, 6.45) is 4.06. The SMILES string of the molecule is O=C(c1ccc(-c2ccccn2)s1)N1CCN(CCCc2ccccc2)CC1. The van der Waals surface area contributed by atoms with Gasteiger partial charge in [0.15, 0.2) is 0 Å². The van der Waals surface area contributed by atoms with E-state index in [0.717, 1.165) is 61.0 Å². The Morgan fingerprint density at radius 2 is 1.71 bits per heavy atom. The van der Waals surface area contributed by atoms with E-state index in [0.29, 0.717) is 0 Å². The van der Waals surface area contributed by atoms with Crippen molar-refractivity contribution < 1.29 is 4.79 Å². The average molecular weight is 392 g/mol. The monoisotopic (exact) mass is 391 g/mol. The minimum atomic E-state index is 0.149. The zero-order valence-electron chi connectivity index (χ0n) is 16.0. The van der Waals surface area contributed by atoms with Gasteiger partial charge in [0.25, 0.3) is 5.91 Å². The van der Waals surface area contributed by atoms with Gasteiger partial charge in [0.1, 0.15) is 0 Å². The maximum absolute atomic E-state index is 12.8. The quantitative estimate of drug-likeness (QED) is 0.632. The Morgan fingerprint density at radius 1 is 0.929 bits per heavy atom. The lowest BCUT2D eigenvalue weighted by atomic mass is 10.1. The van der Waals surface area contributed by atoms with E-state index in [4.69, 9.17) is 0 Å². The van der Waals surface area contributed by atoms with Crippen LogP contribution in [0.3, 0.4) is 0 Å². The third-order valence-corrected chi connectivity index (χ3v) is 6.27. The molecule has 0 unspecified atom stereocenters. The van der Waals surface area contributed by atoms with Gasteiger partial charge in [0.2, 0.25) is 0 Å². The highest BCUT2D eigenvalue weighted by atomic mass is 32.1. The maximum Gasteiger partial charge on any atom is 0.264 e. The van der Waals surface area contributed by atoms with Gasteiger partial charge in [-0.2, -0.15) is 0 Å². The number of amides is 1. The van der Waals surface area contributed by atoms with Crippen LogP contribution in [0.25, 0.3) is 10.6 Å². The van der Waals surface area contributed by atoms with Crippen LogP contribution in [0.2, 0.25) is 0 Å². The van der Waals surface area contributed by atoms with Crippen LogP contribution in [0.1, 0.15) is 21.7 Å². The molecule has 0 saturated carbocycles. The van der Waals surface area contributed by atoms with Crippen LogP contribution in [0, 0.1) is 0 Å². The predicted octanol–water partition coefficient (Wildman–Crippen LogP) is 4.20. The van der Waals surface area contributed by atoms with E-state index >= 15 is 0 Å². The summed E-state index contributed by atoms with van der Waals surface area (Å²) in [4.78, 5) is 23.5. The second-order valence-electron chi connectivity index (χ2n) is 7.10. The van der Waals surface area contributed by atoms with Gasteiger partial charge in [-0.3, -0.25) is 14.7 Å². The number of rotatable bonds is 6. The number of thiophene rings is 1. The van der Waals surface area contributed by atoms with E-state index in [9.17, 15) is 4.79 Å². The molecule has 1 fully saturated rings. The van der Waals surface area contributed by atoms with Gasteiger partial charge in [-0.25, -0.2) is 0 Å². The molecular weight excluding hydrogens is 366 g/mol. The summed E-state index contributed by atoms with van der Waals surface area (Å²) in [5.41, 5.74) is 2.33. The summed E-state index contributed by atoms with van der Waals surface area (Å²) < 4.78 is 0. The zero-order chi connectivity index (χ0) is 19.2. The Kier molecular flexibility index (Phi) is 6.14. The molecule has 0 bridgehead atoms. The van der Waals surface area contributed by atoms with Gasteiger partial charge in [0, 0.05) is 32.4 Å². The Labute approximate surface area is 170 Å². The molecule has 2 aromatic heterocycles. The van der Waals surface area contributed by atoms with Crippen molar-refractivity contribution in [2.24, 2.45) is 0 Å². The van der Waals surface area contributed by atoms with Gasteiger partial charge in [-0.15, -0.1) is 11.3 Å². The van der Waals surface area contributed by atoms with E-state index in [1.807, 2.05) is 35.2 Å². The Hall–Kier alpha value is -2.50. The van der Waals surface area contributed by atoms with Gasteiger partial charge < -0.3 is 4.90 Å². The first-order valence-corrected chi connectivity index (χ1v) is 10.7. The number of hydrogen-bond acceptors (Lipinski definition) is 4. The maximum atomic E-state index is 12.8. The van der Waals surface area contributed by atoms with Crippen LogP contribution in [0.4, 0.5) is 0 Å². The molecule has 1 aromatic carbocycles. The Bertz CT molecular complexity index is 886. The number of carbonyl (C=O) groups excluding carboxylic acids is 1. The molecule has 1 aliphatic rings. The minimum absolute atomic E-state index is 0.149. The van der Waals surface area contributed by atoms with Crippen molar-refractivity contribution in [1.29, 1.82) is 0 Å². The second kappa shape index (κ2) is 9.13. The summed E-state index contributed by atoms with van der Waals surface area (Å²) in [5.74, 6) is 0.149. The van der Waals surface area contributed by atoms with Crippen molar-refractivity contribution in [1.82, 2.24) is 14.8 Å².